The van der Waals surface area contributed by atoms with Gasteiger partial charge in [-0.1, -0.05) is 54.6 Å². The van der Waals surface area contributed by atoms with Gasteiger partial charge in [-0.25, -0.2) is 0 Å². The van der Waals surface area contributed by atoms with Crippen LogP contribution < -0.4 is 10.2 Å². The van der Waals surface area contributed by atoms with Crippen molar-refractivity contribution in [3.05, 3.63) is 66.2 Å². The molecule has 0 bridgehead atoms. The maximum atomic E-state index is 3.55. The van der Waals surface area contributed by atoms with Gasteiger partial charge in [0.15, 0.2) is 0 Å². The summed E-state index contributed by atoms with van der Waals surface area (Å²) in [5.74, 6) is 0. The summed E-state index contributed by atoms with van der Waals surface area (Å²) in [5, 5.41) is 6.18. The highest BCUT2D eigenvalue weighted by Gasteiger charge is 2.31. The molecule has 2 heterocycles. The van der Waals surface area contributed by atoms with Gasteiger partial charge in [0.2, 0.25) is 0 Å². The third kappa shape index (κ3) is 2.22. The summed E-state index contributed by atoms with van der Waals surface area (Å²) in [5.41, 5.74) is 5.72. The van der Waals surface area contributed by atoms with Crippen LogP contribution in [0.3, 0.4) is 0 Å². The van der Waals surface area contributed by atoms with Gasteiger partial charge in [-0.05, 0) is 47.4 Å². The fourth-order valence-corrected chi connectivity index (χ4v) is 4.38. The standard InChI is InChI=1S/C22H22N2/c1-2-5-17-14-18(9-8-16(17)4-1)21-7-3-6-19-15-20-10-11-23-12-13-24(20)22(19)21/h1-9,14,20,23H,10-13,15H2. The lowest BCUT2D eigenvalue weighted by Gasteiger charge is -2.26. The summed E-state index contributed by atoms with van der Waals surface area (Å²) in [4.78, 5) is 2.65. The molecule has 3 aromatic carbocycles. The zero-order chi connectivity index (χ0) is 15.9. The van der Waals surface area contributed by atoms with Gasteiger partial charge in [0, 0.05) is 30.4 Å². The van der Waals surface area contributed by atoms with E-state index in [2.05, 4.69) is 70.9 Å². The van der Waals surface area contributed by atoms with Gasteiger partial charge in [0.25, 0.3) is 0 Å². The highest BCUT2D eigenvalue weighted by Crippen LogP contribution is 2.42. The van der Waals surface area contributed by atoms with Gasteiger partial charge in [-0.2, -0.15) is 0 Å². The highest BCUT2D eigenvalue weighted by molar-refractivity contribution is 5.91. The summed E-state index contributed by atoms with van der Waals surface area (Å²) in [6.45, 7) is 3.34. The number of hydrogen-bond acceptors (Lipinski definition) is 2. The fraction of sp³-hybridized carbons (Fsp3) is 0.273. The normalized spacial score (nSPS) is 19.8. The molecule has 3 aromatic rings. The van der Waals surface area contributed by atoms with Gasteiger partial charge in [-0.15, -0.1) is 0 Å². The topological polar surface area (TPSA) is 15.3 Å². The first-order chi connectivity index (χ1) is 11.9. The Hall–Kier alpha value is -2.32. The maximum absolute atomic E-state index is 3.55. The second kappa shape index (κ2) is 5.64. The van der Waals surface area contributed by atoms with Crippen LogP contribution in [0.2, 0.25) is 0 Å². The Bertz CT molecular complexity index is 899. The minimum absolute atomic E-state index is 0.664. The van der Waals surface area contributed by atoms with E-state index in [1.807, 2.05) is 0 Å². The van der Waals surface area contributed by atoms with Crippen molar-refractivity contribution in [1.29, 1.82) is 0 Å². The first-order valence-electron chi connectivity index (χ1n) is 8.98. The van der Waals surface area contributed by atoms with Crippen molar-refractivity contribution in [3.8, 4) is 11.1 Å². The van der Waals surface area contributed by atoms with E-state index in [-0.39, 0.29) is 0 Å². The molecule has 1 N–H and O–H groups in total. The smallest absolute Gasteiger partial charge is 0.0482 e. The molecule has 2 heteroatoms. The van der Waals surface area contributed by atoms with E-state index in [0.29, 0.717) is 6.04 Å². The van der Waals surface area contributed by atoms with Crippen LogP contribution in [0.15, 0.2) is 60.7 Å². The molecule has 2 aliphatic heterocycles. The quantitative estimate of drug-likeness (QED) is 0.723. The SMILES string of the molecule is c1cc2c(c(-c3ccc4ccccc4c3)c1)N1CCNCCC1C2. The predicted molar refractivity (Wildman–Crippen MR) is 102 cm³/mol. The average Bonchev–Trinajstić information content (AvgIpc) is 2.83. The minimum Gasteiger partial charge on any atom is -0.366 e. The first-order valence-corrected chi connectivity index (χ1v) is 8.98. The minimum atomic E-state index is 0.664. The second-order valence-electron chi connectivity index (χ2n) is 6.97. The Morgan fingerprint density at radius 2 is 1.79 bits per heavy atom. The van der Waals surface area contributed by atoms with Crippen molar-refractivity contribution >= 4 is 16.5 Å². The first kappa shape index (κ1) is 14.1. The third-order valence-electron chi connectivity index (χ3n) is 5.55. The lowest BCUT2D eigenvalue weighted by atomic mass is 9.97. The Morgan fingerprint density at radius 1 is 0.875 bits per heavy atom. The molecule has 0 spiro atoms. The molecule has 1 atom stereocenters. The van der Waals surface area contributed by atoms with Crippen LogP contribution in [0.25, 0.3) is 21.9 Å². The summed E-state index contributed by atoms with van der Waals surface area (Å²) in [6, 6.07) is 23.0. The lowest BCUT2D eigenvalue weighted by molar-refractivity contribution is 0.612. The molecule has 0 amide bonds. The van der Waals surface area contributed by atoms with Gasteiger partial charge in [0.05, 0.1) is 0 Å². The highest BCUT2D eigenvalue weighted by atomic mass is 15.2. The summed E-state index contributed by atoms with van der Waals surface area (Å²) in [7, 11) is 0. The van der Waals surface area contributed by atoms with Crippen LogP contribution in [0.4, 0.5) is 5.69 Å². The Morgan fingerprint density at radius 3 is 2.75 bits per heavy atom. The van der Waals surface area contributed by atoms with Crippen LogP contribution in [0.1, 0.15) is 12.0 Å². The molecular weight excluding hydrogens is 292 g/mol. The largest absolute Gasteiger partial charge is 0.366 e. The van der Waals surface area contributed by atoms with E-state index in [1.54, 1.807) is 0 Å². The van der Waals surface area contributed by atoms with E-state index in [9.17, 15) is 0 Å². The number of anilines is 1. The van der Waals surface area contributed by atoms with Gasteiger partial charge < -0.3 is 10.2 Å². The number of para-hydroxylation sites is 1. The van der Waals surface area contributed by atoms with Crippen LogP contribution in [0, 0.1) is 0 Å². The third-order valence-corrected chi connectivity index (χ3v) is 5.55. The van der Waals surface area contributed by atoms with E-state index in [0.717, 1.165) is 19.6 Å². The Labute approximate surface area is 143 Å². The van der Waals surface area contributed by atoms with E-state index >= 15 is 0 Å². The molecule has 1 saturated heterocycles. The Balaban J connectivity index is 1.65. The molecule has 120 valence electrons. The molecule has 2 nitrogen and oxygen atoms in total. The molecule has 2 aliphatic rings. The van der Waals surface area contributed by atoms with Crippen molar-refractivity contribution < 1.29 is 0 Å². The number of rotatable bonds is 1. The van der Waals surface area contributed by atoms with Crippen LogP contribution >= 0.6 is 0 Å². The molecule has 0 saturated carbocycles. The van der Waals surface area contributed by atoms with Gasteiger partial charge >= 0.3 is 0 Å². The van der Waals surface area contributed by atoms with Crippen molar-refractivity contribution in [1.82, 2.24) is 5.32 Å². The summed E-state index contributed by atoms with van der Waals surface area (Å²) in [6.07, 6.45) is 2.43. The lowest BCUT2D eigenvalue weighted by Crippen LogP contribution is -2.33. The number of fused-ring (bicyclic) bond motifs is 4. The zero-order valence-corrected chi connectivity index (χ0v) is 13.8. The monoisotopic (exact) mass is 314 g/mol. The van der Waals surface area contributed by atoms with Crippen LogP contribution in [-0.4, -0.2) is 25.7 Å². The Kier molecular flexibility index (Phi) is 3.30. The molecular formula is C22H22N2. The molecule has 0 aliphatic carbocycles. The summed E-state index contributed by atoms with van der Waals surface area (Å²) >= 11 is 0. The van der Waals surface area contributed by atoms with Crippen LogP contribution in [-0.2, 0) is 6.42 Å². The van der Waals surface area contributed by atoms with Crippen LogP contribution in [0.5, 0.6) is 0 Å². The molecule has 1 fully saturated rings. The van der Waals surface area contributed by atoms with Gasteiger partial charge in [0.1, 0.15) is 0 Å². The fourth-order valence-electron chi connectivity index (χ4n) is 4.38. The second-order valence-corrected chi connectivity index (χ2v) is 6.97. The molecule has 24 heavy (non-hydrogen) atoms. The van der Waals surface area contributed by atoms with Crippen molar-refractivity contribution in [3.63, 3.8) is 0 Å². The molecule has 0 aromatic heterocycles. The maximum Gasteiger partial charge on any atom is 0.0482 e. The molecule has 1 unspecified atom stereocenters. The predicted octanol–water partition coefficient (Wildman–Crippen LogP) is 4.23. The molecule has 0 radical (unpaired) electrons. The van der Waals surface area contributed by atoms with Crippen molar-refractivity contribution in [2.75, 3.05) is 24.5 Å². The van der Waals surface area contributed by atoms with Crippen molar-refractivity contribution in [2.24, 2.45) is 0 Å². The van der Waals surface area contributed by atoms with E-state index in [4.69, 9.17) is 0 Å². The number of benzene rings is 3. The number of hydrogen-bond donors (Lipinski definition) is 1. The van der Waals surface area contributed by atoms with Gasteiger partial charge in [-0.3, -0.25) is 0 Å². The van der Waals surface area contributed by atoms with E-state index in [1.165, 1.54) is 46.0 Å². The number of nitrogens with zero attached hydrogens (tertiary/aromatic N) is 1. The average molecular weight is 314 g/mol. The summed E-state index contributed by atoms with van der Waals surface area (Å²) < 4.78 is 0. The zero-order valence-electron chi connectivity index (χ0n) is 13.8. The van der Waals surface area contributed by atoms with Crippen molar-refractivity contribution in [2.45, 2.75) is 18.9 Å². The van der Waals surface area contributed by atoms with E-state index < -0.39 is 0 Å². The molecule has 5 rings (SSSR count). The number of nitrogens with one attached hydrogen (secondary N) is 1.